The highest BCUT2D eigenvalue weighted by Gasteiger charge is 2.28. The Kier molecular flexibility index (Phi) is 8.54. The molecule has 10 heteroatoms. The van der Waals surface area contributed by atoms with Gasteiger partial charge < -0.3 is 31.1 Å². The zero-order valence-electron chi connectivity index (χ0n) is 24.0. The molecular weight excluding hydrogens is 490 g/mol. The number of nitrogens with one attached hydrogen (secondary N) is 2. The van der Waals surface area contributed by atoms with Gasteiger partial charge >= 0.3 is 0 Å². The van der Waals surface area contributed by atoms with E-state index in [2.05, 4.69) is 74.3 Å². The van der Waals surface area contributed by atoms with E-state index in [4.69, 9.17) is 10.7 Å². The number of aromatic nitrogens is 2. The Hall–Kier alpha value is -2.95. The number of anilines is 4. The number of piperazine rings is 2. The third-order valence-corrected chi connectivity index (χ3v) is 8.61. The molecule has 0 spiro atoms. The predicted molar refractivity (Wildman–Crippen MR) is 158 cm³/mol. The van der Waals surface area contributed by atoms with Crippen LogP contribution >= 0.6 is 0 Å². The number of hydrogen-bond acceptors (Lipinski definition) is 9. The van der Waals surface area contributed by atoms with E-state index < -0.39 is 5.91 Å². The molecule has 3 saturated heterocycles. The van der Waals surface area contributed by atoms with Gasteiger partial charge in [-0.15, -0.1) is 0 Å². The van der Waals surface area contributed by atoms with Crippen molar-refractivity contribution in [2.75, 3.05) is 81.1 Å². The summed E-state index contributed by atoms with van der Waals surface area (Å²) in [5.74, 6) is 0.673. The Balaban J connectivity index is 1.31. The highest BCUT2D eigenvalue weighted by atomic mass is 16.1. The van der Waals surface area contributed by atoms with Gasteiger partial charge in [0, 0.05) is 82.4 Å². The number of amides is 1. The number of hydrogen-bond donors (Lipinski definition) is 3. The monoisotopic (exact) mass is 535 g/mol. The van der Waals surface area contributed by atoms with Crippen molar-refractivity contribution in [3.63, 3.8) is 0 Å². The Morgan fingerprint density at radius 3 is 2.49 bits per heavy atom. The molecule has 39 heavy (non-hydrogen) atoms. The molecule has 4 heterocycles. The van der Waals surface area contributed by atoms with E-state index in [-0.39, 0.29) is 11.7 Å². The molecule has 0 unspecified atom stereocenters. The first-order valence-electron chi connectivity index (χ1n) is 14.6. The van der Waals surface area contributed by atoms with E-state index >= 15 is 0 Å². The minimum atomic E-state index is -0.573. The summed E-state index contributed by atoms with van der Waals surface area (Å²) in [5.41, 5.74) is 10.1. The van der Waals surface area contributed by atoms with Gasteiger partial charge in [0.25, 0.3) is 5.91 Å². The van der Waals surface area contributed by atoms with Crippen LogP contribution in [0.25, 0.3) is 0 Å². The Morgan fingerprint density at radius 1 is 1.10 bits per heavy atom. The average Bonchev–Trinajstić information content (AvgIpc) is 2.94. The molecule has 3 aliphatic rings. The normalized spacial score (nSPS) is 21.8. The van der Waals surface area contributed by atoms with E-state index in [1.807, 2.05) is 6.92 Å². The van der Waals surface area contributed by atoms with Crippen LogP contribution in [-0.2, 0) is 6.42 Å². The van der Waals surface area contributed by atoms with Crippen molar-refractivity contribution in [2.24, 2.45) is 5.73 Å². The molecule has 0 saturated carbocycles. The lowest BCUT2D eigenvalue weighted by Gasteiger charge is -2.43. The topological polar surface area (TPSA) is 106 Å². The molecule has 5 rings (SSSR count). The molecule has 1 aromatic heterocycles. The van der Waals surface area contributed by atoms with E-state index in [0.717, 1.165) is 49.9 Å². The van der Waals surface area contributed by atoms with E-state index in [1.165, 1.54) is 50.3 Å². The fourth-order valence-electron chi connectivity index (χ4n) is 6.23. The van der Waals surface area contributed by atoms with Crippen LogP contribution in [0.2, 0.25) is 0 Å². The number of aryl methyl sites for hydroxylation is 2. The molecule has 10 nitrogen and oxygen atoms in total. The first-order valence-corrected chi connectivity index (χ1v) is 14.6. The van der Waals surface area contributed by atoms with E-state index in [9.17, 15) is 4.79 Å². The number of carbonyl (C=O) groups excluding carboxylic acids is 1. The van der Waals surface area contributed by atoms with Crippen LogP contribution in [0, 0.1) is 6.92 Å². The maximum absolute atomic E-state index is 12.4. The van der Waals surface area contributed by atoms with Crippen LogP contribution in [0.4, 0.5) is 23.0 Å². The summed E-state index contributed by atoms with van der Waals surface area (Å²) >= 11 is 0. The fraction of sp³-hybridized carbons (Fsp3) is 0.621. The maximum atomic E-state index is 12.4. The quantitative estimate of drug-likeness (QED) is 0.492. The highest BCUT2D eigenvalue weighted by Crippen LogP contribution is 2.31. The van der Waals surface area contributed by atoms with Crippen LogP contribution < -0.4 is 26.2 Å². The Labute approximate surface area is 232 Å². The van der Waals surface area contributed by atoms with E-state index in [1.54, 1.807) is 0 Å². The summed E-state index contributed by atoms with van der Waals surface area (Å²) < 4.78 is 0. The first kappa shape index (κ1) is 27.6. The standard InChI is InChI=1S/C29H45N9O/c1-5-24-29(38-13-10-31-19-21(38)3)34-28(26(33-24)27(30)39)32-22-6-7-25(20(2)18-22)37-11-8-23(9-12-37)36-16-14-35(4)15-17-36/h6-7,18,21,23,31H,5,8-17,19H2,1-4H3,(H2,30,39)(H,32,34)/t21-/m1/s1. The fourth-order valence-corrected chi connectivity index (χ4v) is 6.23. The molecule has 1 amide bonds. The molecule has 1 atom stereocenters. The number of nitrogens with two attached hydrogens (primary N) is 1. The Bertz CT molecular complexity index is 1160. The highest BCUT2D eigenvalue weighted by molar-refractivity contribution is 5.96. The summed E-state index contributed by atoms with van der Waals surface area (Å²) in [4.78, 5) is 31.9. The summed E-state index contributed by atoms with van der Waals surface area (Å²) in [6, 6.07) is 7.37. The predicted octanol–water partition coefficient (Wildman–Crippen LogP) is 2.20. The van der Waals surface area contributed by atoms with Crippen molar-refractivity contribution < 1.29 is 4.79 Å². The van der Waals surface area contributed by atoms with Crippen LogP contribution in [0.3, 0.4) is 0 Å². The number of benzene rings is 1. The first-order chi connectivity index (χ1) is 18.8. The Morgan fingerprint density at radius 2 is 1.85 bits per heavy atom. The van der Waals surface area contributed by atoms with Crippen molar-refractivity contribution in [3.8, 4) is 0 Å². The summed E-state index contributed by atoms with van der Waals surface area (Å²) in [5, 5.41) is 6.81. The van der Waals surface area contributed by atoms with Crippen molar-refractivity contribution in [2.45, 2.75) is 52.1 Å². The van der Waals surface area contributed by atoms with Gasteiger partial charge in [-0.2, -0.15) is 0 Å². The van der Waals surface area contributed by atoms with Gasteiger partial charge in [-0.1, -0.05) is 6.92 Å². The number of carbonyl (C=O) groups is 1. The molecule has 1 aromatic carbocycles. The molecular formula is C29H45N9O. The summed E-state index contributed by atoms with van der Waals surface area (Å²) in [6.45, 7) is 15.9. The van der Waals surface area contributed by atoms with Crippen LogP contribution in [0.1, 0.15) is 48.4 Å². The molecule has 2 aromatic rings. The smallest absolute Gasteiger partial charge is 0.271 e. The lowest BCUT2D eigenvalue weighted by Crippen LogP contribution is -2.52. The van der Waals surface area contributed by atoms with Gasteiger partial charge in [0.2, 0.25) is 0 Å². The number of piperidine rings is 1. The van der Waals surface area contributed by atoms with Gasteiger partial charge in [-0.05, 0) is 63.9 Å². The van der Waals surface area contributed by atoms with Gasteiger partial charge in [0.15, 0.2) is 17.3 Å². The van der Waals surface area contributed by atoms with Crippen molar-refractivity contribution in [3.05, 3.63) is 35.2 Å². The van der Waals surface area contributed by atoms with Crippen LogP contribution in [0.5, 0.6) is 0 Å². The van der Waals surface area contributed by atoms with Crippen molar-refractivity contribution >= 4 is 28.9 Å². The molecule has 0 aliphatic carbocycles. The largest absolute Gasteiger partial charge is 0.371 e. The number of rotatable bonds is 7. The summed E-state index contributed by atoms with van der Waals surface area (Å²) in [7, 11) is 2.22. The van der Waals surface area contributed by atoms with Gasteiger partial charge in [-0.25, -0.2) is 9.97 Å². The van der Waals surface area contributed by atoms with Gasteiger partial charge in [-0.3, -0.25) is 9.69 Å². The van der Waals surface area contributed by atoms with E-state index in [0.29, 0.717) is 18.3 Å². The lowest BCUT2D eigenvalue weighted by atomic mass is 10.0. The zero-order chi connectivity index (χ0) is 27.5. The number of likely N-dealkylation sites (N-methyl/N-ethyl adjacent to an activating group) is 1. The molecule has 0 bridgehead atoms. The third-order valence-electron chi connectivity index (χ3n) is 8.61. The average molecular weight is 536 g/mol. The minimum Gasteiger partial charge on any atom is -0.371 e. The zero-order valence-corrected chi connectivity index (χ0v) is 24.0. The molecule has 3 fully saturated rings. The minimum absolute atomic E-state index is 0.186. The molecule has 0 radical (unpaired) electrons. The molecule has 3 aliphatic heterocycles. The summed E-state index contributed by atoms with van der Waals surface area (Å²) in [6.07, 6.45) is 3.09. The second-order valence-electron chi connectivity index (χ2n) is 11.3. The third kappa shape index (κ3) is 6.13. The van der Waals surface area contributed by atoms with Gasteiger partial charge in [0.1, 0.15) is 0 Å². The number of nitrogens with zero attached hydrogens (tertiary/aromatic N) is 6. The second kappa shape index (κ2) is 12.1. The van der Waals surface area contributed by atoms with Crippen LogP contribution in [-0.4, -0.2) is 104 Å². The maximum Gasteiger partial charge on any atom is 0.271 e. The molecule has 212 valence electrons. The second-order valence-corrected chi connectivity index (χ2v) is 11.3. The van der Waals surface area contributed by atoms with Crippen LogP contribution in [0.15, 0.2) is 18.2 Å². The number of primary amides is 1. The van der Waals surface area contributed by atoms with Gasteiger partial charge in [0.05, 0.1) is 5.69 Å². The van der Waals surface area contributed by atoms with Crippen molar-refractivity contribution in [1.29, 1.82) is 0 Å². The van der Waals surface area contributed by atoms with Crippen molar-refractivity contribution in [1.82, 2.24) is 25.1 Å². The molecule has 4 N–H and O–H groups in total. The lowest BCUT2D eigenvalue weighted by molar-refractivity contribution is 0.0982. The SMILES string of the molecule is CCc1nc(C(N)=O)c(Nc2ccc(N3CCC(N4CCN(C)CC4)CC3)c(C)c2)nc1N1CCNC[C@H]1C.